The van der Waals surface area contributed by atoms with Crippen molar-refractivity contribution in [3.63, 3.8) is 0 Å². The minimum absolute atomic E-state index is 0.0276. The summed E-state index contributed by atoms with van der Waals surface area (Å²) in [6, 6.07) is 7.74. The molecule has 1 fully saturated rings. The molecule has 1 amide bonds. The number of benzene rings is 1. The summed E-state index contributed by atoms with van der Waals surface area (Å²) >= 11 is 0. The van der Waals surface area contributed by atoms with Crippen molar-refractivity contribution in [1.29, 1.82) is 0 Å². The van der Waals surface area contributed by atoms with E-state index in [1.165, 1.54) is 0 Å². The van der Waals surface area contributed by atoms with E-state index in [0.29, 0.717) is 24.8 Å². The van der Waals surface area contributed by atoms with Crippen LogP contribution in [-0.4, -0.2) is 59.1 Å². The molecule has 0 saturated carbocycles. The van der Waals surface area contributed by atoms with E-state index in [4.69, 9.17) is 9.26 Å². The van der Waals surface area contributed by atoms with Gasteiger partial charge in [0.2, 0.25) is 5.89 Å². The van der Waals surface area contributed by atoms with Crippen LogP contribution in [0.2, 0.25) is 0 Å². The maximum Gasteiger partial charge on any atom is 0.260 e. The Kier molecular flexibility index (Phi) is 5.33. The lowest BCUT2D eigenvalue weighted by Crippen LogP contribution is -2.50. The Hall–Kier alpha value is -2.41. The second-order valence-electron chi connectivity index (χ2n) is 6.27. The fourth-order valence-corrected chi connectivity index (χ4v) is 2.98. The largest absolute Gasteiger partial charge is 0.483 e. The number of amides is 1. The number of carbonyl (C=O) groups is 1. The van der Waals surface area contributed by atoms with Gasteiger partial charge in [-0.2, -0.15) is 4.98 Å². The molecular formula is C18H24N4O3. The zero-order valence-electron chi connectivity index (χ0n) is 14.9. The molecular weight excluding hydrogens is 320 g/mol. The molecule has 0 spiro atoms. The second-order valence-corrected chi connectivity index (χ2v) is 6.27. The number of nitrogens with zero attached hydrogens (tertiary/aromatic N) is 4. The van der Waals surface area contributed by atoms with Crippen LogP contribution in [0.1, 0.15) is 30.2 Å². The van der Waals surface area contributed by atoms with Crippen molar-refractivity contribution in [2.75, 3.05) is 33.3 Å². The van der Waals surface area contributed by atoms with Gasteiger partial charge in [-0.05, 0) is 32.0 Å². The molecule has 1 aliphatic heterocycles. The summed E-state index contributed by atoms with van der Waals surface area (Å²) in [5.41, 5.74) is 1.10. The normalized spacial score (nSPS) is 18.4. The van der Waals surface area contributed by atoms with Crippen LogP contribution < -0.4 is 4.74 Å². The predicted molar refractivity (Wildman–Crippen MR) is 92.3 cm³/mol. The van der Waals surface area contributed by atoms with Crippen LogP contribution in [0.3, 0.4) is 0 Å². The van der Waals surface area contributed by atoms with Gasteiger partial charge in [-0.1, -0.05) is 30.3 Å². The summed E-state index contributed by atoms with van der Waals surface area (Å²) in [5.74, 6) is 1.90. The highest BCUT2D eigenvalue weighted by atomic mass is 16.5. The van der Waals surface area contributed by atoms with Gasteiger partial charge in [0.1, 0.15) is 11.8 Å². The van der Waals surface area contributed by atoms with Crippen molar-refractivity contribution in [2.45, 2.75) is 26.3 Å². The minimum Gasteiger partial charge on any atom is -0.483 e. The first kappa shape index (κ1) is 17.4. The molecule has 25 heavy (non-hydrogen) atoms. The smallest absolute Gasteiger partial charge is 0.260 e. The molecule has 0 aliphatic carbocycles. The highest BCUT2D eigenvalue weighted by Crippen LogP contribution is 2.23. The number of aryl methyl sites for hydroxylation is 2. The molecule has 0 bridgehead atoms. The summed E-state index contributed by atoms with van der Waals surface area (Å²) < 4.78 is 11.0. The monoisotopic (exact) mass is 344 g/mol. The Balaban J connectivity index is 1.62. The van der Waals surface area contributed by atoms with Gasteiger partial charge in [0, 0.05) is 19.6 Å². The third-order valence-corrected chi connectivity index (χ3v) is 4.53. The van der Waals surface area contributed by atoms with Gasteiger partial charge in [-0.25, -0.2) is 0 Å². The minimum atomic E-state index is -0.0816. The summed E-state index contributed by atoms with van der Waals surface area (Å²) in [6.07, 6.45) is 0.872. The first-order valence-electron chi connectivity index (χ1n) is 8.57. The third-order valence-electron chi connectivity index (χ3n) is 4.53. The van der Waals surface area contributed by atoms with E-state index in [2.05, 4.69) is 22.0 Å². The van der Waals surface area contributed by atoms with E-state index in [-0.39, 0.29) is 18.6 Å². The Morgan fingerprint density at radius 3 is 2.88 bits per heavy atom. The lowest BCUT2D eigenvalue weighted by molar-refractivity contribution is -0.136. The third kappa shape index (κ3) is 3.99. The topological polar surface area (TPSA) is 71.7 Å². The number of ether oxygens (including phenoxy) is 1. The van der Waals surface area contributed by atoms with E-state index >= 15 is 0 Å². The quantitative estimate of drug-likeness (QED) is 0.824. The van der Waals surface area contributed by atoms with Crippen molar-refractivity contribution in [1.82, 2.24) is 19.9 Å². The maximum atomic E-state index is 12.6. The number of aromatic nitrogens is 2. The van der Waals surface area contributed by atoms with Crippen LogP contribution in [0.5, 0.6) is 5.75 Å². The van der Waals surface area contributed by atoms with Crippen LogP contribution in [0.25, 0.3) is 0 Å². The molecule has 1 aromatic carbocycles. The first-order chi connectivity index (χ1) is 12.1. The fourth-order valence-electron chi connectivity index (χ4n) is 2.98. The molecule has 0 N–H and O–H groups in total. The Morgan fingerprint density at radius 2 is 2.16 bits per heavy atom. The zero-order valence-corrected chi connectivity index (χ0v) is 14.9. The molecule has 1 saturated heterocycles. The van der Waals surface area contributed by atoms with Crippen molar-refractivity contribution >= 4 is 5.91 Å². The van der Waals surface area contributed by atoms with E-state index in [0.717, 1.165) is 24.3 Å². The highest BCUT2D eigenvalue weighted by molar-refractivity contribution is 5.78. The zero-order chi connectivity index (χ0) is 17.8. The molecule has 2 aromatic rings. The van der Waals surface area contributed by atoms with Gasteiger partial charge in [-0.15, -0.1) is 0 Å². The van der Waals surface area contributed by atoms with Crippen LogP contribution >= 0.6 is 0 Å². The molecule has 0 radical (unpaired) electrons. The van der Waals surface area contributed by atoms with E-state index in [1.54, 1.807) is 11.8 Å². The summed E-state index contributed by atoms with van der Waals surface area (Å²) in [6.45, 7) is 5.84. The van der Waals surface area contributed by atoms with Crippen LogP contribution in [-0.2, 0) is 11.2 Å². The van der Waals surface area contributed by atoms with Gasteiger partial charge in [-0.3, -0.25) is 9.69 Å². The average Bonchev–Trinajstić information content (AvgIpc) is 3.06. The Morgan fingerprint density at radius 1 is 1.36 bits per heavy atom. The molecule has 7 nitrogen and oxygen atoms in total. The van der Waals surface area contributed by atoms with Crippen molar-refractivity contribution in [3.8, 4) is 5.75 Å². The first-order valence-corrected chi connectivity index (χ1v) is 8.57. The van der Waals surface area contributed by atoms with E-state index in [1.807, 2.05) is 31.3 Å². The predicted octanol–water partition coefficient (Wildman–Crippen LogP) is 1.83. The fraction of sp³-hybridized carbons (Fsp3) is 0.500. The number of likely N-dealkylation sites (N-methyl/N-ethyl adjacent to an activating group) is 1. The SMILES string of the molecule is CCc1ccccc1OCC(=O)N1CCN(C)[C@@H](c2nc(C)no2)C1. The molecule has 2 heterocycles. The number of rotatable bonds is 5. The molecule has 3 rings (SSSR count). The molecule has 7 heteroatoms. The van der Waals surface area contributed by atoms with Crippen LogP contribution in [0.15, 0.2) is 28.8 Å². The lowest BCUT2D eigenvalue weighted by atomic mass is 10.1. The standard InChI is InChI=1S/C18H24N4O3/c1-4-14-7-5-6-8-16(14)24-12-17(23)22-10-9-21(3)15(11-22)18-19-13(2)20-25-18/h5-8,15H,4,9-12H2,1-3H3/t15-/m1/s1. The second kappa shape index (κ2) is 7.65. The van der Waals surface area contributed by atoms with Gasteiger partial charge < -0.3 is 14.2 Å². The van der Waals surface area contributed by atoms with Gasteiger partial charge in [0.15, 0.2) is 12.4 Å². The molecule has 1 aromatic heterocycles. The summed E-state index contributed by atoms with van der Waals surface area (Å²) in [5, 5.41) is 3.85. The highest BCUT2D eigenvalue weighted by Gasteiger charge is 2.32. The van der Waals surface area contributed by atoms with Gasteiger partial charge in [0.05, 0.1) is 0 Å². The van der Waals surface area contributed by atoms with Crippen molar-refractivity contribution < 1.29 is 14.1 Å². The average molecular weight is 344 g/mol. The van der Waals surface area contributed by atoms with Gasteiger partial charge in [0.25, 0.3) is 5.91 Å². The van der Waals surface area contributed by atoms with Crippen LogP contribution in [0.4, 0.5) is 0 Å². The number of piperazine rings is 1. The van der Waals surface area contributed by atoms with E-state index in [9.17, 15) is 4.79 Å². The van der Waals surface area contributed by atoms with Gasteiger partial charge >= 0.3 is 0 Å². The summed E-state index contributed by atoms with van der Waals surface area (Å²) in [7, 11) is 2.00. The Bertz CT molecular complexity index is 731. The number of carbonyl (C=O) groups excluding carboxylic acids is 1. The maximum absolute atomic E-state index is 12.6. The molecule has 1 atom stereocenters. The van der Waals surface area contributed by atoms with Crippen molar-refractivity contribution in [3.05, 3.63) is 41.5 Å². The number of hydrogen-bond donors (Lipinski definition) is 0. The number of para-hydroxylation sites is 1. The number of hydrogen-bond acceptors (Lipinski definition) is 6. The van der Waals surface area contributed by atoms with Crippen LogP contribution in [0, 0.1) is 6.92 Å². The molecule has 134 valence electrons. The Labute approximate surface area is 147 Å². The van der Waals surface area contributed by atoms with Crippen molar-refractivity contribution in [2.24, 2.45) is 0 Å². The molecule has 1 aliphatic rings. The lowest BCUT2D eigenvalue weighted by Gasteiger charge is -2.37. The summed E-state index contributed by atoms with van der Waals surface area (Å²) in [4.78, 5) is 20.8. The van der Waals surface area contributed by atoms with E-state index < -0.39 is 0 Å². The molecule has 0 unspecified atom stereocenters.